The molecule has 1 heterocycles. The minimum absolute atomic E-state index is 0.777. The van der Waals surface area contributed by atoms with Gasteiger partial charge in [-0.1, -0.05) is 61.7 Å². The lowest BCUT2D eigenvalue weighted by molar-refractivity contribution is 0.599. The lowest BCUT2D eigenvalue weighted by Crippen LogP contribution is -1.90. The summed E-state index contributed by atoms with van der Waals surface area (Å²) >= 11 is 0. The van der Waals surface area contributed by atoms with E-state index in [1.54, 1.807) is 0 Å². The Morgan fingerprint density at radius 1 is 1.13 bits per heavy atom. The molecule has 0 saturated carbocycles. The van der Waals surface area contributed by atoms with Crippen molar-refractivity contribution in [3.63, 3.8) is 0 Å². The molecule has 0 radical (unpaired) electrons. The summed E-state index contributed by atoms with van der Waals surface area (Å²) < 4.78 is 6.06. The Bertz CT molecular complexity index is 886. The molecule has 3 aromatic rings. The van der Waals surface area contributed by atoms with E-state index < -0.39 is 0 Å². The molecular formula is C22H20O. The van der Waals surface area contributed by atoms with E-state index >= 15 is 0 Å². The van der Waals surface area contributed by atoms with Gasteiger partial charge in [-0.2, -0.15) is 0 Å². The molecule has 0 bridgehead atoms. The predicted molar refractivity (Wildman–Crippen MR) is 97.3 cm³/mol. The third-order valence-corrected chi connectivity index (χ3v) is 4.08. The molecule has 1 aromatic heterocycles. The molecule has 0 fully saturated rings. The van der Waals surface area contributed by atoms with E-state index in [9.17, 15) is 0 Å². The molecule has 1 heteroatoms. The molecular weight excluding hydrogens is 280 g/mol. The van der Waals surface area contributed by atoms with Gasteiger partial charge in [0.2, 0.25) is 0 Å². The van der Waals surface area contributed by atoms with Crippen molar-refractivity contribution >= 4 is 16.5 Å². The summed E-state index contributed by atoms with van der Waals surface area (Å²) in [7, 11) is 0. The van der Waals surface area contributed by atoms with Crippen LogP contribution in [0.5, 0.6) is 0 Å². The van der Waals surface area contributed by atoms with Crippen LogP contribution < -0.4 is 0 Å². The van der Waals surface area contributed by atoms with Crippen molar-refractivity contribution in [1.82, 2.24) is 0 Å². The van der Waals surface area contributed by atoms with Gasteiger partial charge in [0.05, 0.1) is 5.56 Å². The number of hydrogen-bond donors (Lipinski definition) is 0. The number of terminal acetylenes is 1. The zero-order chi connectivity index (χ0) is 16.2. The first-order valence-corrected chi connectivity index (χ1v) is 8.02. The van der Waals surface area contributed by atoms with Crippen molar-refractivity contribution in [2.75, 3.05) is 0 Å². The minimum atomic E-state index is 0.777. The van der Waals surface area contributed by atoms with Crippen LogP contribution in [0.3, 0.4) is 0 Å². The van der Waals surface area contributed by atoms with Gasteiger partial charge in [0.25, 0.3) is 0 Å². The SMILES string of the molecule is C#Cc1c(/C(=C\C)c2ccc(CCC)cc2)oc2ccccc12. The molecule has 3 rings (SSSR count). The van der Waals surface area contributed by atoms with E-state index in [0.717, 1.165) is 46.3 Å². The number of aryl methyl sites for hydroxylation is 1. The molecule has 0 spiro atoms. The molecule has 2 aromatic carbocycles. The van der Waals surface area contributed by atoms with Crippen LogP contribution in [0.15, 0.2) is 59.0 Å². The number of benzene rings is 2. The van der Waals surface area contributed by atoms with Crippen LogP contribution in [0, 0.1) is 12.3 Å². The summed E-state index contributed by atoms with van der Waals surface area (Å²) in [6, 6.07) is 16.6. The Morgan fingerprint density at radius 3 is 2.52 bits per heavy atom. The highest BCUT2D eigenvalue weighted by atomic mass is 16.3. The maximum Gasteiger partial charge on any atom is 0.151 e. The number of rotatable bonds is 4. The van der Waals surface area contributed by atoms with Gasteiger partial charge in [-0.3, -0.25) is 0 Å². The summed E-state index contributed by atoms with van der Waals surface area (Å²) in [5.74, 6) is 3.58. The van der Waals surface area contributed by atoms with Crippen molar-refractivity contribution < 1.29 is 4.42 Å². The van der Waals surface area contributed by atoms with Crippen molar-refractivity contribution in [3.05, 3.63) is 77.1 Å². The molecule has 0 N–H and O–H groups in total. The second-order valence-electron chi connectivity index (χ2n) is 5.60. The lowest BCUT2D eigenvalue weighted by Gasteiger charge is -2.07. The Kier molecular flexibility index (Phi) is 4.35. The molecule has 23 heavy (non-hydrogen) atoms. The summed E-state index contributed by atoms with van der Waals surface area (Å²) in [4.78, 5) is 0. The van der Waals surface area contributed by atoms with Gasteiger partial charge in [0, 0.05) is 11.0 Å². The van der Waals surface area contributed by atoms with Gasteiger partial charge in [-0.15, -0.1) is 6.42 Å². The molecule has 0 amide bonds. The number of furan rings is 1. The summed E-state index contributed by atoms with van der Waals surface area (Å²) in [6.45, 7) is 4.21. The van der Waals surface area contributed by atoms with E-state index in [1.807, 2.05) is 31.2 Å². The molecule has 0 atom stereocenters. The van der Waals surface area contributed by atoms with Crippen LogP contribution in [-0.2, 0) is 6.42 Å². The smallest absolute Gasteiger partial charge is 0.151 e. The van der Waals surface area contributed by atoms with Crippen molar-refractivity contribution in [3.8, 4) is 12.3 Å². The van der Waals surface area contributed by atoms with E-state index in [1.165, 1.54) is 5.56 Å². The molecule has 0 unspecified atom stereocenters. The Morgan fingerprint density at radius 2 is 1.87 bits per heavy atom. The Hall–Kier alpha value is -2.72. The highest BCUT2D eigenvalue weighted by molar-refractivity contribution is 5.92. The first kappa shape index (κ1) is 15.2. The van der Waals surface area contributed by atoms with Crippen LogP contribution in [-0.4, -0.2) is 0 Å². The second-order valence-corrected chi connectivity index (χ2v) is 5.60. The number of hydrogen-bond acceptors (Lipinski definition) is 1. The van der Waals surface area contributed by atoms with Crippen molar-refractivity contribution in [1.29, 1.82) is 0 Å². The molecule has 0 saturated heterocycles. The summed E-state index contributed by atoms with van der Waals surface area (Å²) in [5, 5.41) is 0.993. The maximum absolute atomic E-state index is 6.06. The predicted octanol–water partition coefficient (Wildman–Crippen LogP) is 5.82. The second kappa shape index (κ2) is 6.58. The number of allylic oxidation sites excluding steroid dienone is 1. The average molecular weight is 300 g/mol. The van der Waals surface area contributed by atoms with Gasteiger partial charge in [0.15, 0.2) is 5.76 Å². The fourth-order valence-electron chi connectivity index (χ4n) is 2.95. The largest absolute Gasteiger partial charge is 0.455 e. The van der Waals surface area contributed by atoms with E-state index in [4.69, 9.17) is 10.8 Å². The Balaban J connectivity index is 2.10. The highest BCUT2D eigenvalue weighted by Crippen LogP contribution is 2.33. The van der Waals surface area contributed by atoms with Gasteiger partial charge >= 0.3 is 0 Å². The third-order valence-electron chi connectivity index (χ3n) is 4.08. The minimum Gasteiger partial charge on any atom is -0.455 e. The van der Waals surface area contributed by atoms with Crippen LogP contribution in [0.1, 0.15) is 42.7 Å². The quantitative estimate of drug-likeness (QED) is 0.553. The molecule has 1 nitrogen and oxygen atoms in total. The fraction of sp³-hybridized carbons (Fsp3) is 0.182. The lowest BCUT2D eigenvalue weighted by atomic mass is 9.97. The zero-order valence-corrected chi connectivity index (χ0v) is 13.6. The molecule has 0 aliphatic carbocycles. The normalized spacial score (nSPS) is 11.6. The third kappa shape index (κ3) is 2.81. The van der Waals surface area contributed by atoms with Gasteiger partial charge in [-0.05, 0) is 36.6 Å². The summed E-state index contributed by atoms with van der Waals surface area (Å²) in [5.41, 5.74) is 5.18. The number of para-hydroxylation sites is 1. The topological polar surface area (TPSA) is 13.1 Å². The van der Waals surface area contributed by atoms with Gasteiger partial charge in [0.1, 0.15) is 5.58 Å². The Labute approximate surface area is 137 Å². The van der Waals surface area contributed by atoms with Crippen molar-refractivity contribution in [2.24, 2.45) is 0 Å². The molecule has 0 aliphatic rings. The number of fused-ring (bicyclic) bond motifs is 1. The summed E-state index contributed by atoms with van der Waals surface area (Å²) in [6.07, 6.45) is 10.1. The van der Waals surface area contributed by atoms with Crippen molar-refractivity contribution in [2.45, 2.75) is 26.7 Å². The molecule has 0 aliphatic heterocycles. The van der Waals surface area contributed by atoms with Crippen LogP contribution in [0.25, 0.3) is 16.5 Å². The molecule has 114 valence electrons. The highest BCUT2D eigenvalue weighted by Gasteiger charge is 2.16. The zero-order valence-electron chi connectivity index (χ0n) is 13.6. The fourth-order valence-corrected chi connectivity index (χ4v) is 2.95. The van der Waals surface area contributed by atoms with Crippen LogP contribution >= 0.6 is 0 Å². The monoisotopic (exact) mass is 300 g/mol. The van der Waals surface area contributed by atoms with E-state index in [0.29, 0.717) is 0 Å². The van der Waals surface area contributed by atoms with Gasteiger partial charge in [-0.25, -0.2) is 0 Å². The first-order valence-electron chi connectivity index (χ1n) is 8.02. The standard InChI is InChI=1S/C22H20O/c1-4-9-16-12-14-17(15-13-16)18(5-2)22-19(6-3)20-10-7-8-11-21(20)23-22/h3,5,7-8,10-15H,4,9H2,1-2H3/b18-5-. The van der Waals surface area contributed by atoms with Gasteiger partial charge < -0.3 is 4.42 Å². The average Bonchev–Trinajstić information content (AvgIpc) is 2.95. The maximum atomic E-state index is 6.06. The van der Waals surface area contributed by atoms with Crippen LogP contribution in [0.4, 0.5) is 0 Å². The van der Waals surface area contributed by atoms with Crippen LogP contribution in [0.2, 0.25) is 0 Å². The van der Waals surface area contributed by atoms with E-state index in [2.05, 4.69) is 43.2 Å². The first-order chi connectivity index (χ1) is 11.3. The van der Waals surface area contributed by atoms with E-state index in [-0.39, 0.29) is 0 Å².